The normalized spacial score (nSPS) is 25.7. The number of hydrogen-bond donors (Lipinski definition) is 1. The number of hydrogen-bond acceptors (Lipinski definition) is 6. The summed E-state index contributed by atoms with van der Waals surface area (Å²) in [5.74, 6) is 2.00. The van der Waals surface area contributed by atoms with Gasteiger partial charge in [-0.3, -0.25) is 4.90 Å². The summed E-state index contributed by atoms with van der Waals surface area (Å²) in [5, 5.41) is 7.66. The van der Waals surface area contributed by atoms with Crippen LogP contribution in [0.2, 0.25) is 0 Å². The fourth-order valence-corrected chi connectivity index (χ4v) is 3.57. The van der Waals surface area contributed by atoms with Crippen molar-refractivity contribution in [1.29, 1.82) is 0 Å². The summed E-state index contributed by atoms with van der Waals surface area (Å²) in [4.78, 5) is 7.08. The molecular weight excluding hydrogens is 304 g/mol. The van der Waals surface area contributed by atoms with E-state index in [0.717, 1.165) is 38.3 Å². The van der Waals surface area contributed by atoms with Crippen molar-refractivity contribution in [2.75, 3.05) is 39.4 Å². The second-order valence-corrected chi connectivity index (χ2v) is 6.62. The number of piperidine rings is 1. The number of rotatable bonds is 4. The molecule has 0 bridgehead atoms. The van der Waals surface area contributed by atoms with Crippen LogP contribution in [-0.2, 0) is 4.74 Å². The van der Waals surface area contributed by atoms with Gasteiger partial charge in [0.05, 0.1) is 13.2 Å². The van der Waals surface area contributed by atoms with E-state index in [-0.39, 0.29) is 6.04 Å². The monoisotopic (exact) mass is 328 g/mol. The van der Waals surface area contributed by atoms with Crippen LogP contribution in [0, 0.1) is 5.92 Å². The maximum atomic E-state index is 5.69. The Morgan fingerprint density at radius 2 is 2.17 bits per heavy atom. The molecule has 2 aromatic rings. The van der Waals surface area contributed by atoms with Crippen LogP contribution in [-0.4, -0.2) is 54.4 Å². The molecule has 1 aromatic carbocycles. The molecule has 2 atom stereocenters. The molecular formula is C18H24N4O2. The van der Waals surface area contributed by atoms with Gasteiger partial charge in [-0.2, -0.15) is 4.98 Å². The third-order valence-electron chi connectivity index (χ3n) is 4.89. The van der Waals surface area contributed by atoms with Crippen molar-refractivity contribution < 1.29 is 9.26 Å². The standard InChI is InChI=1S/C18H24N4O2/c1-2-6-15(7-3-1)17-20-18(24-21-17)16-13-23-10-9-22(16)12-14-5-4-8-19-11-14/h1-3,6-7,14,16,19H,4-5,8-13H2. The summed E-state index contributed by atoms with van der Waals surface area (Å²) in [7, 11) is 0. The predicted molar refractivity (Wildman–Crippen MR) is 90.5 cm³/mol. The van der Waals surface area contributed by atoms with Crippen molar-refractivity contribution in [3.05, 3.63) is 36.2 Å². The van der Waals surface area contributed by atoms with Crippen LogP contribution in [0.4, 0.5) is 0 Å². The van der Waals surface area contributed by atoms with Crippen molar-refractivity contribution in [2.24, 2.45) is 5.92 Å². The van der Waals surface area contributed by atoms with Crippen LogP contribution in [0.1, 0.15) is 24.8 Å². The molecule has 1 aromatic heterocycles. The van der Waals surface area contributed by atoms with Crippen molar-refractivity contribution in [1.82, 2.24) is 20.4 Å². The molecule has 2 fully saturated rings. The lowest BCUT2D eigenvalue weighted by atomic mass is 9.98. The molecule has 6 heteroatoms. The molecule has 2 aliphatic heterocycles. The van der Waals surface area contributed by atoms with E-state index >= 15 is 0 Å². The van der Waals surface area contributed by atoms with Gasteiger partial charge >= 0.3 is 0 Å². The molecule has 0 amide bonds. The average Bonchev–Trinajstić information content (AvgIpc) is 3.14. The first-order valence-electron chi connectivity index (χ1n) is 8.81. The second kappa shape index (κ2) is 7.42. The molecule has 24 heavy (non-hydrogen) atoms. The first kappa shape index (κ1) is 15.7. The van der Waals surface area contributed by atoms with Crippen LogP contribution in [0.3, 0.4) is 0 Å². The highest BCUT2D eigenvalue weighted by Crippen LogP contribution is 2.27. The van der Waals surface area contributed by atoms with Gasteiger partial charge in [0.15, 0.2) is 0 Å². The number of ether oxygens (including phenoxy) is 1. The number of benzene rings is 1. The molecule has 2 aliphatic rings. The summed E-state index contributed by atoms with van der Waals surface area (Å²) in [5.41, 5.74) is 0.979. The van der Waals surface area contributed by atoms with Crippen molar-refractivity contribution in [3.63, 3.8) is 0 Å². The second-order valence-electron chi connectivity index (χ2n) is 6.62. The largest absolute Gasteiger partial charge is 0.378 e. The zero-order valence-electron chi connectivity index (χ0n) is 13.9. The number of nitrogens with one attached hydrogen (secondary N) is 1. The highest BCUT2D eigenvalue weighted by molar-refractivity contribution is 5.53. The molecule has 1 N–H and O–H groups in total. The Balaban J connectivity index is 1.49. The van der Waals surface area contributed by atoms with Gasteiger partial charge in [-0.1, -0.05) is 35.5 Å². The zero-order chi connectivity index (χ0) is 16.2. The van der Waals surface area contributed by atoms with E-state index in [9.17, 15) is 0 Å². The molecule has 4 rings (SSSR count). The van der Waals surface area contributed by atoms with Gasteiger partial charge in [-0.15, -0.1) is 0 Å². The van der Waals surface area contributed by atoms with Crippen LogP contribution in [0.5, 0.6) is 0 Å². The van der Waals surface area contributed by atoms with Crippen LogP contribution in [0.15, 0.2) is 34.9 Å². The number of aromatic nitrogens is 2. The molecule has 0 saturated carbocycles. The summed E-state index contributed by atoms with van der Waals surface area (Å²) in [6, 6.07) is 10.0. The van der Waals surface area contributed by atoms with Gasteiger partial charge in [0, 0.05) is 18.7 Å². The Hall–Kier alpha value is -1.76. The Bertz CT molecular complexity index is 639. The fourth-order valence-electron chi connectivity index (χ4n) is 3.57. The van der Waals surface area contributed by atoms with Gasteiger partial charge in [0.2, 0.25) is 11.7 Å². The highest BCUT2D eigenvalue weighted by Gasteiger charge is 2.31. The van der Waals surface area contributed by atoms with Gasteiger partial charge in [-0.25, -0.2) is 0 Å². The third kappa shape index (κ3) is 3.50. The van der Waals surface area contributed by atoms with Gasteiger partial charge in [-0.05, 0) is 31.8 Å². The number of nitrogens with zero attached hydrogens (tertiary/aromatic N) is 3. The quantitative estimate of drug-likeness (QED) is 0.927. The minimum atomic E-state index is 0.0608. The Kier molecular flexibility index (Phi) is 4.87. The summed E-state index contributed by atoms with van der Waals surface area (Å²) < 4.78 is 11.3. The lowest BCUT2D eigenvalue weighted by molar-refractivity contribution is -0.0277. The van der Waals surface area contributed by atoms with Gasteiger partial charge < -0.3 is 14.6 Å². The highest BCUT2D eigenvalue weighted by atomic mass is 16.5. The Labute approximate surface area is 142 Å². The van der Waals surface area contributed by atoms with E-state index < -0.39 is 0 Å². The molecule has 0 radical (unpaired) electrons. The maximum absolute atomic E-state index is 5.69. The molecule has 0 aliphatic carbocycles. The lowest BCUT2D eigenvalue weighted by Crippen LogP contribution is -2.45. The predicted octanol–water partition coefficient (Wildman–Crippen LogP) is 2.11. The van der Waals surface area contributed by atoms with E-state index in [1.165, 1.54) is 12.8 Å². The topological polar surface area (TPSA) is 63.4 Å². The first-order valence-corrected chi connectivity index (χ1v) is 8.81. The van der Waals surface area contributed by atoms with E-state index in [1.54, 1.807) is 0 Å². The molecule has 6 nitrogen and oxygen atoms in total. The molecule has 2 saturated heterocycles. The molecule has 2 unspecified atom stereocenters. The smallest absolute Gasteiger partial charge is 0.246 e. The average molecular weight is 328 g/mol. The maximum Gasteiger partial charge on any atom is 0.246 e. The zero-order valence-corrected chi connectivity index (χ0v) is 13.9. The SMILES string of the molecule is c1ccc(-c2noc(C3COCCN3CC3CCCNC3)n2)cc1. The molecule has 0 spiro atoms. The van der Waals surface area contributed by atoms with Crippen molar-refractivity contribution in [3.8, 4) is 11.4 Å². The molecule has 3 heterocycles. The van der Waals surface area contributed by atoms with E-state index in [1.807, 2.05) is 30.3 Å². The van der Waals surface area contributed by atoms with Crippen LogP contribution in [0.25, 0.3) is 11.4 Å². The summed E-state index contributed by atoms with van der Waals surface area (Å²) in [6.45, 7) is 5.62. The first-order chi connectivity index (χ1) is 11.9. The summed E-state index contributed by atoms with van der Waals surface area (Å²) in [6.07, 6.45) is 2.55. The van der Waals surface area contributed by atoms with Crippen molar-refractivity contribution in [2.45, 2.75) is 18.9 Å². The van der Waals surface area contributed by atoms with Crippen LogP contribution < -0.4 is 5.32 Å². The minimum Gasteiger partial charge on any atom is -0.378 e. The summed E-state index contributed by atoms with van der Waals surface area (Å²) >= 11 is 0. The van der Waals surface area contributed by atoms with Crippen LogP contribution >= 0.6 is 0 Å². The van der Waals surface area contributed by atoms with Gasteiger partial charge in [0.1, 0.15) is 6.04 Å². The Morgan fingerprint density at radius 3 is 3.00 bits per heavy atom. The fraction of sp³-hybridized carbons (Fsp3) is 0.556. The third-order valence-corrected chi connectivity index (χ3v) is 4.89. The van der Waals surface area contributed by atoms with E-state index in [2.05, 4.69) is 20.4 Å². The lowest BCUT2D eigenvalue weighted by Gasteiger charge is -2.36. The van der Waals surface area contributed by atoms with Crippen molar-refractivity contribution >= 4 is 0 Å². The molecule has 128 valence electrons. The van der Waals surface area contributed by atoms with E-state index in [4.69, 9.17) is 9.26 Å². The van der Waals surface area contributed by atoms with Gasteiger partial charge in [0.25, 0.3) is 0 Å². The number of morpholine rings is 1. The van der Waals surface area contributed by atoms with E-state index in [0.29, 0.717) is 24.2 Å². The Morgan fingerprint density at radius 1 is 1.25 bits per heavy atom. The minimum absolute atomic E-state index is 0.0608.